The number of carbonyl (C=O) groups excluding carboxylic acids is 4. The van der Waals surface area contributed by atoms with Gasteiger partial charge in [-0.05, 0) is 62.4 Å². The van der Waals surface area contributed by atoms with Gasteiger partial charge in [0.1, 0.15) is 42.8 Å². The summed E-state index contributed by atoms with van der Waals surface area (Å²) in [5, 5.41) is 58.6. The van der Waals surface area contributed by atoms with E-state index < -0.39 is 79.2 Å². The number of aliphatic hydroxyl groups is 4. The van der Waals surface area contributed by atoms with E-state index in [-0.39, 0.29) is 48.7 Å². The van der Waals surface area contributed by atoms with E-state index in [2.05, 4.69) is 28.0 Å². The third-order valence-corrected chi connectivity index (χ3v) is 10.1. The third-order valence-electron chi connectivity index (χ3n) is 10.1. The molecule has 0 saturated carbocycles. The van der Waals surface area contributed by atoms with Gasteiger partial charge in [-0.1, -0.05) is 50.8 Å². The van der Waals surface area contributed by atoms with Gasteiger partial charge in [0.05, 0.1) is 12.3 Å². The van der Waals surface area contributed by atoms with Crippen LogP contribution in [-0.4, -0.2) is 148 Å². The summed E-state index contributed by atoms with van der Waals surface area (Å²) in [7, 11) is 3.37. The Kier molecular flexibility index (Phi) is 19.3. The molecule has 1 aliphatic rings. The van der Waals surface area contributed by atoms with Crippen LogP contribution in [0, 0.1) is 5.92 Å². The van der Waals surface area contributed by atoms with E-state index >= 15 is 0 Å². The Hall–Kier alpha value is -5.61. The first-order valence-corrected chi connectivity index (χ1v) is 20.0. The number of hydrazine groups is 1. The molecule has 2 aromatic carbocycles. The van der Waals surface area contributed by atoms with Crippen LogP contribution in [-0.2, 0) is 35.3 Å². The predicted octanol–water partition coefficient (Wildman–Crippen LogP) is 0.758. The Labute approximate surface area is 360 Å². The number of likely N-dealkylation sites (N-methyl/N-ethyl adjacent to an activating group) is 1. The molecule has 1 fully saturated rings. The smallest absolute Gasteiger partial charge is 0.410 e. The van der Waals surface area contributed by atoms with Crippen LogP contribution in [0.1, 0.15) is 52.2 Å². The maximum atomic E-state index is 13.7. The summed E-state index contributed by atoms with van der Waals surface area (Å²) in [5.41, 5.74) is 5.22. The molecule has 1 saturated heterocycles. The van der Waals surface area contributed by atoms with Crippen molar-refractivity contribution < 1.29 is 63.7 Å². The highest BCUT2D eigenvalue weighted by molar-refractivity contribution is 5.98. The number of nitrogens with zero attached hydrogens (tertiary/aromatic N) is 2. The number of carboxylic acid groups (broad SMARTS) is 1. The number of aliphatic carboxylic acids is 1. The van der Waals surface area contributed by atoms with Gasteiger partial charge in [0, 0.05) is 50.1 Å². The first-order chi connectivity index (χ1) is 29.2. The van der Waals surface area contributed by atoms with Gasteiger partial charge in [0.25, 0.3) is 5.91 Å². The van der Waals surface area contributed by atoms with Gasteiger partial charge in [0.2, 0.25) is 18.1 Å². The van der Waals surface area contributed by atoms with E-state index in [9.17, 15) is 49.5 Å². The summed E-state index contributed by atoms with van der Waals surface area (Å²) in [5.74, 6) is 1.79. The Morgan fingerprint density at radius 2 is 1.65 bits per heavy atom. The fraction of sp³-hybridized carbons (Fsp3) is 0.500. The lowest BCUT2D eigenvalue weighted by Gasteiger charge is -2.38. The molecule has 1 aliphatic heterocycles. The summed E-state index contributed by atoms with van der Waals surface area (Å²) in [6.45, 7) is 11.8. The number of rotatable bonds is 21. The number of nitrogens with two attached hydrogens (primary N) is 1. The molecule has 20 nitrogen and oxygen atoms in total. The maximum Gasteiger partial charge on any atom is 0.410 e. The molecular weight excluding hydrogens is 810 g/mol. The summed E-state index contributed by atoms with van der Waals surface area (Å²) in [6.07, 6.45) is -8.24. The first-order valence-electron chi connectivity index (χ1n) is 20.0. The summed E-state index contributed by atoms with van der Waals surface area (Å²) < 4.78 is 16.9. The largest absolute Gasteiger partial charge is 0.479 e. The first kappa shape index (κ1) is 50.7. The molecule has 62 heavy (non-hydrogen) atoms. The molecule has 0 bridgehead atoms. The van der Waals surface area contributed by atoms with Crippen LogP contribution >= 0.6 is 0 Å². The molecule has 0 radical (unpaired) electrons. The van der Waals surface area contributed by atoms with E-state index in [1.54, 1.807) is 27.9 Å². The molecule has 2 aromatic rings. The minimum absolute atomic E-state index is 0.0372. The molecule has 0 spiro atoms. The number of amides is 4. The van der Waals surface area contributed by atoms with Gasteiger partial charge in [-0.25, -0.2) is 15.0 Å². The van der Waals surface area contributed by atoms with Crippen molar-refractivity contribution in [1.82, 2.24) is 20.5 Å². The van der Waals surface area contributed by atoms with Gasteiger partial charge in [-0.15, -0.1) is 0 Å². The zero-order valence-corrected chi connectivity index (χ0v) is 36.0. The van der Waals surface area contributed by atoms with Crippen LogP contribution in [0.5, 0.6) is 5.75 Å². The number of hydrogen-bond acceptors (Lipinski definition) is 15. The highest BCUT2D eigenvalue weighted by Crippen LogP contribution is 2.32. The number of anilines is 2. The zero-order valence-electron chi connectivity index (χ0n) is 36.0. The fourth-order valence-corrected chi connectivity index (χ4v) is 6.34. The number of aliphatic hydroxyl groups excluding tert-OH is 4. The van der Waals surface area contributed by atoms with E-state index in [1.165, 1.54) is 34.9 Å². The minimum Gasteiger partial charge on any atom is -0.479 e. The van der Waals surface area contributed by atoms with Crippen LogP contribution in [0.2, 0.25) is 0 Å². The topological polar surface area (TPSA) is 295 Å². The molecule has 0 aromatic heterocycles. The number of nitrogens with one attached hydrogen (secondary N) is 4. The standard InChI is InChI=1S/C42H61N7O13/c1-22(2)32(47-43)38(55)45-25(6)37(54)46-30-14-13-26(19-31(30)61-41-35(53)33(51)34(52)36(62-41)40(57)58)21-60-42(59)49(23(3)4)18-16-27(28-11-9-10-12-29(28)44-7)15-17-48(8)39(56)24(5)20-50/h9-15,19,22-23,25,32-36,41,44,47,50-53H,5,16-18,20-21,43H2,1-4,6-8H3,(H,45,55)(H,46,54)(H,57,58)/b27-15+/t25-,32-,33-,34-,35+,36-,41+/m0/s1. The summed E-state index contributed by atoms with van der Waals surface area (Å²) >= 11 is 0. The zero-order chi connectivity index (χ0) is 46.4. The highest BCUT2D eigenvalue weighted by Gasteiger charge is 2.48. The second kappa shape index (κ2) is 23.6. The van der Waals surface area contributed by atoms with Gasteiger partial charge in [0.15, 0.2) is 6.10 Å². The van der Waals surface area contributed by atoms with Gasteiger partial charge < -0.3 is 65.5 Å². The SMILES string of the molecule is C=C(CO)C(=O)N(C)C/C=C(\CCN(C(=O)OCc1ccc(NC(=O)[C@H](C)NC(=O)[C@@H](NN)C(C)C)c(O[C@@H]2O[C@H](C(=O)O)[C@@H](O)[C@H](O)[C@H]2O)c1)C(C)C)c1ccccc1NC. The Morgan fingerprint density at radius 1 is 0.968 bits per heavy atom. The Morgan fingerprint density at radius 3 is 2.24 bits per heavy atom. The molecule has 342 valence electrons. The summed E-state index contributed by atoms with van der Waals surface area (Å²) in [6, 6.07) is 9.53. The van der Waals surface area contributed by atoms with Crippen molar-refractivity contribution in [2.24, 2.45) is 11.8 Å². The molecule has 4 amide bonds. The van der Waals surface area contributed by atoms with E-state index in [1.807, 2.05) is 44.2 Å². The highest BCUT2D eigenvalue weighted by atomic mass is 16.7. The number of carboxylic acids is 1. The average Bonchev–Trinajstić information content (AvgIpc) is 3.23. The van der Waals surface area contributed by atoms with Crippen LogP contribution in [0.3, 0.4) is 0 Å². The lowest BCUT2D eigenvalue weighted by Crippen LogP contribution is -2.61. The Balaban J connectivity index is 1.88. The maximum absolute atomic E-state index is 13.7. The van der Waals surface area contributed by atoms with Crippen molar-refractivity contribution in [3.8, 4) is 5.75 Å². The van der Waals surface area contributed by atoms with Crippen molar-refractivity contribution in [1.29, 1.82) is 0 Å². The van der Waals surface area contributed by atoms with Gasteiger partial charge in [-0.2, -0.15) is 0 Å². The predicted molar refractivity (Wildman–Crippen MR) is 228 cm³/mol. The fourth-order valence-electron chi connectivity index (χ4n) is 6.34. The minimum atomic E-state index is -1.99. The van der Waals surface area contributed by atoms with Crippen molar-refractivity contribution in [2.45, 2.75) is 96.5 Å². The third kappa shape index (κ3) is 13.4. The van der Waals surface area contributed by atoms with Crippen molar-refractivity contribution in [2.75, 3.05) is 44.4 Å². The molecule has 0 aliphatic carbocycles. The number of para-hydroxylation sites is 1. The van der Waals surface area contributed by atoms with E-state index in [0.717, 1.165) is 16.8 Å². The number of ether oxygens (including phenoxy) is 3. The van der Waals surface area contributed by atoms with E-state index in [0.29, 0.717) is 12.0 Å². The lowest BCUT2D eigenvalue weighted by molar-refractivity contribution is -0.271. The molecule has 11 N–H and O–H groups in total. The average molecular weight is 872 g/mol. The van der Waals surface area contributed by atoms with Crippen LogP contribution in [0.4, 0.5) is 16.2 Å². The quantitative estimate of drug-likeness (QED) is 0.0471. The van der Waals surface area contributed by atoms with Crippen molar-refractivity contribution in [3.05, 3.63) is 71.8 Å². The monoisotopic (exact) mass is 871 g/mol. The number of carbonyl (C=O) groups is 5. The molecule has 3 rings (SSSR count). The van der Waals surface area contributed by atoms with Crippen LogP contribution in [0.25, 0.3) is 5.57 Å². The van der Waals surface area contributed by atoms with Crippen LogP contribution < -0.4 is 32.0 Å². The van der Waals surface area contributed by atoms with Crippen molar-refractivity contribution >= 4 is 46.7 Å². The molecule has 1 heterocycles. The second-order valence-corrected chi connectivity index (χ2v) is 15.4. The molecule has 20 heteroatoms. The molecular formula is C42H61N7O13. The van der Waals surface area contributed by atoms with Gasteiger partial charge >= 0.3 is 12.1 Å². The summed E-state index contributed by atoms with van der Waals surface area (Å²) in [4.78, 5) is 67.1. The second-order valence-electron chi connectivity index (χ2n) is 15.4. The lowest BCUT2D eigenvalue weighted by atomic mass is 9.99. The Bertz CT molecular complexity index is 1930. The number of benzene rings is 2. The van der Waals surface area contributed by atoms with Gasteiger partial charge in [-0.3, -0.25) is 20.2 Å². The normalized spacial score (nSPS) is 19.8. The molecule has 7 atom stereocenters. The van der Waals surface area contributed by atoms with Crippen LogP contribution in [0.15, 0.2) is 60.7 Å². The van der Waals surface area contributed by atoms with Crippen molar-refractivity contribution in [3.63, 3.8) is 0 Å². The number of hydrogen-bond donors (Lipinski definition) is 10. The molecule has 0 unspecified atom stereocenters. The van der Waals surface area contributed by atoms with E-state index in [4.69, 9.17) is 20.1 Å².